The molecule has 1 aliphatic heterocycles. The summed E-state index contributed by atoms with van der Waals surface area (Å²) in [6, 6.07) is 10.9. The highest BCUT2D eigenvalue weighted by Crippen LogP contribution is 2.25. The van der Waals surface area contributed by atoms with E-state index >= 15 is 0 Å². The molecule has 2 aromatic rings. The Hall–Kier alpha value is -2.14. The third-order valence-corrected chi connectivity index (χ3v) is 4.98. The molecule has 2 heterocycles. The van der Waals surface area contributed by atoms with E-state index in [2.05, 4.69) is 0 Å². The molecule has 4 nitrogen and oxygen atoms in total. The van der Waals surface area contributed by atoms with Gasteiger partial charge in [-0.25, -0.2) is 4.79 Å². The topological polar surface area (TPSA) is 57.6 Å². The normalized spacial score (nSPS) is 17.1. The molecule has 1 aromatic heterocycles. The summed E-state index contributed by atoms with van der Waals surface area (Å²) in [4.78, 5) is 27.7. The van der Waals surface area contributed by atoms with E-state index < -0.39 is 12.0 Å². The molecule has 0 saturated carbocycles. The smallest absolute Gasteiger partial charge is 0.326 e. The van der Waals surface area contributed by atoms with E-state index in [-0.39, 0.29) is 12.3 Å². The summed E-state index contributed by atoms with van der Waals surface area (Å²) in [5.74, 6) is -1.06. The van der Waals surface area contributed by atoms with Gasteiger partial charge in [0, 0.05) is 22.7 Å². The Balaban J connectivity index is 1.84. The van der Waals surface area contributed by atoms with Crippen LogP contribution >= 0.6 is 11.3 Å². The minimum atomic E-state index is -0.940. The van der Waals surface area contributed by atoms with Crippen LogP contribution in [0.3, 0.4) is 0 Å². The molecular formula is C17H17NO3S. The number of carboxylic acids is 1. The van der Waals surface area contributed by atoms with Gasteiger partial charge in [0.2, 0.25) is 5.91 Å². The first-order valence-electron chi connectivity index (χ1n) is 7.19. The van der Waals surface area contributed by atoms with Crippen molar-refractivity contribution >= 4 is 23.2 Å². The minimum absolute atomic E-state index is 0.122. The summed E-state index contributed by atoms with van der Waals surface area (Å²) in [5, 5.41) is 9.46. The van der Waals surface area contributed by atoms with Crippen LogP contribution in [0.4, 0.5) is 0 Å². The van der Waals surface area contributed by atoms with E-state index in [1.165, 1.54) is 4.90 Å². The van der Waals surface area contributed by atoms with Gasteiger partial charge in [-0.1, -0.05) is 24.3 Å². The molecule has 1 amide bonds. The van der Waals surface area contributed by atoms with Crippen LogP contribution in [0.5, 0.6) is 0 Å². The van der Waals surface area contributed by atoms with E-state index in [1.807, 2.05) is 43.3 Å². The van der Waals surface area contributed by atoms with Crippen molar-refractivity contribution in [2.75, 3.05) is 0 Å². The molecule has 1 atom stereocenters. The summed E-state index contributed by atoms with van der Waals surface area (Å²) in [5.41, 5.74) is 2.06. The van der Waals surface area contributed by atoms with Gasteiger partial charge in [-0.3, -0.25) is 4.79 Å². The predicted octanol–water partition coefficient (Wildman–Crippen LogP) is 2.64. The highest BCUT2D eigenvalue weighted by molar-refractivity contribution is 7.12. The number of amides is 1. The molecule has 0 aliphatic carbocycles. The Morgan fingerprint density at radius 3 is 2.59 bits per heavy atom. The number of benzene rings is 1. The number of rotatable bonds is 3. The second-order valence-electron chi connectivity index (χ2n) is 5.54. The van der Waals surface area contributed by atoms with Crippen LogP contribution in [0.25, 0.3) is 0 Å². The molecule has 0 unspecified atom stereocenters. The Labute approximate surface area is 133 Å². The Kier molecular flexibility index (Phi) is 3.98. The fourth-order valence-electron chi connectivity index (χ4n) is 2.84. The molecule has 0 saturated heterocycles. The molecule has 0 fully saturated rings. The molecular weight excluding hydrogens is 298 g/mol. The van der Waals surface area contributed by atoms with Gasteiger partial charge in [-0.15, -0.1) is 11.3 Å². The number of carbonyl (C=O) groups is 2. The lowest BCUT2D eigenvalue weighted by atomic mass is 9.93. The number of nitrogens with zero attached hydrogens (tertiary/aromatic N) is 1. The third kappa shape index (κ3) is 2.90. The number of hydrogen-bond acceptors (Lipinski definition) is 3. The average Bonchev–Trinajstić information content (AvgIpc) is 2.90. The van der Waals surface area contributed by atoms with Gasteiger partial charge in [-0.2, -0.15) is 0 Å². The fourth-order valence-corrected chi connectivity index (χ4v) is 3.72. The van der Waals surface area contributed by atoms with Crippen molar-refractivity contribution in [1.29, 1.82) is 0 Å². The van der Waals surface area contributed by atoms with Gasteiger partial charge in [0.15, 0.2) is 0 Å². The maximum Gasteiger partial charge on any atom is 0.326 e. The van der Waals surface area contributed by atoms with E-state index in [9.17, 15) is 14.7 Å². The number of thiophene rings is 1. The number of carboxylic acid groups (broad SMARTS) is 1. The molecule has 5 heteroatoms. The van der Waals surface area contributed by atoms with Crippen LogP contribution in [-0.2, 0) is 29.0 Å². The van der Waals surface area contributed by atoms with Crippen molar-refractivity contribution in [2.45, 2.75) is 32.4 Å². The van der Waals surface area contributed by atoms with Crippen LogP contribution < -0.4 is 0 Å². The zero-order chi connectivity index (χ0) is 15.7. The number of fused-ring (bicyclic) bond motifs is 1. The molecule has 1 N–H and O–H groups in total. The Morgan fingerprint density at radius 1 is 1.23 bits per heavy atom. The second kappa shape index (κ2) is 5.93. The van der Waals surface area contributed by atoms with Crippen molar-refractivity contribution in [3.63, 3.8) is 0 Å². The maximum absolute atomic E-state index is 12.6. The monoisotopic (exact) mass is 315 g/mol. The molecule has 22 heavy (non-hydrogen) atoms. The van der Waals surface area contributed by atoms with Crippen molar-refractivity contribution in [3.05, 3.63) is 57.3 Å². The third-order valence-electron chi connectivity index (χ3n) is 3.98. The second-order valence-corrected chi connectivity index (χ2v) is 6.91. The van der Waals surface area contributed by atoms with Crippen LogP contribution in [-0.4, -0.2) is 27.9 Å². The first-order chi connectivity index (χ1) is 10.5. The van der Waals surface area contributed by atoms with Gasteiger partial charge in [-0.05, 0) is 30.2 Å². The molecule has 114 valence electrons. The zero-order valence-corrected chi connectivity index (χ0v) is 13.1. The summed E-state index contributed by atoms with van der Waals surface area (Å²) >= 11 is 1.58. The highest BCUT2D eigenvalue weighted by atomic mass is 32.1. The number of carbonyl (C=O) groups excluding carboxylic acids is 1. The standard InChI is InChI=1S/C17H17NO3S/c1-11-6-7-14(22-11)9-16(19)18-10-13-5-3-2-4-12(13)8-15(18)17(20)21/h2-7,15H,8-10H2,1H3,(H,20,21)/t15-/m0/s1. The van der Waals surface area contributed by atoms with Crippen molar-refractivity contribution < 1.29 is 14.7 Å². The van der Waals surface area contributed by atoms with E-state index in [0.29, 0.717) is 13.0 Å². The van der Waals surface area contributed by atoms with Crippen LogP contribution in [0.2, 0.25) is 0 Å². The van der Waals surface area contributed by atoms with Gasteiger partial charge < -0.3 is 10.0 Å². The lowest BCUT2D eigenvalue weighted by Crippen LogP contribution is -2.49. The van der Waals surface area contributed by atoms with Crippen LogP contribution in [0.1, 0.15) is 20.9 Å². The van der Waals surface area contributed by atoms with Crippen LogP contribution in [0.15, 0.2) is 36.4 Å². The maximum atomic E-state index is 12.6. The quantitative estimate of drug-likeness (QED) is 0.947. The van der Waals surface area contributed by atoms with Crippen LogP contribution in [0, 0.1) is 6.92 Å². The predicted molar refractivity (Wildman–Crippen MR) is 84.9 cm³/mol. The summed E-state index contributed by atoms with van der Waals surface area (Å²) in [6.07, 6.45) is 0.644. The van der Waals surface area contributed by atoms with Crippen molar-refractivity contribution in [2.24, 2.45) is 0 Å². The lowest BCUT2D eigenvalue weighted by molar-refractivity contribution is -0.151. The minimum Gasteiger partial charge on any atom is -0.480 e. The largest absolute Gasteiger partial charge is 0.480 e. The first-order valence-corrected chi connectivity index (χ1v) is 8.00. The van der Waals surface area contributed by atoms with Gasteiger partial charge in [0.05, 0.1) is 6.42 Å². The summed E-state index contributed by atoms with van der Waals surface area (Å²) < 4.78 is 0. The molecule has 0 bridgehead atoms. The molecule has 0 spiro atoms. The Morgan fingerprint density at radius 2 is 1.95 bits per heavy atom. The molecule has 1 aliphatic rings. The van der Waals surface area contributed by atoms with Gasteiger partial charge in [0.25, 0.3) is 0 Å². The van der Waals surface area contributed by atoms with Gasteiger partial charge in [0.1, 0.15) is 6.04 Å². The van der Waals surface area contributed by atoms with E-state index in [0.717, 1.165) is 20.9 Å². The van der Waals surface area contributed by atoms with E-state index in [4.69, 9.17) is 0 Å². The molecule has 3 rings (SSSR count). The molecule has 0 radical (unpaired) electrons. The fraction of sp³-hybridized carbons (Fsp3) is 0.294. The Bertz CT molecular complexity index is 722. The number of aryl methyl sites for hydroxylation is 1. The summed E-state index contributed by atoms with van der Waals surface area (Å²) in [7, 11) is 0. The SMILES string of the molecule is Cc1ccc(CC(=O)N2Cc3ccccc3C[C@H]2C(=O)O)s1. The number of aliphatic carboxylic acids is 1. The van der Waals surface area contributed by atoms with E-state index in [1.54, 1.807) is 11.3 Å². The molecule has 1 aromatic carbocycles. The average molecular weight is 315 g/mol. The van der Waals surface area contributed by atoms with Crippen molar-refractivity contribution in [1.82, 2.24) is 4.90 Å². The zero-order valence-electron chi connectivity index (χ0n) is 12.3. The summed E-state index contributed by atoms with van der Waals surface area (Å²) in [6.45, 7) is 2.37. The first kappa shape index (κ1) is 14.8. The van der Waals surface area contributed by atoms with Gasteiger partial charge >= 0.3 is 5.97 Å². The highest BCUT2D eigenvalue weighted by Gasteiger charge is 2.34. The van der Waals surface area contributed by atoms with Crippen molar-refractivity contribution in [3.8, 4) is 0 Å². The number of hydrogen-bond donors (Lipinski definition) is 1. The lowest BCUT2D eigenvalue weighted by Gasteiger charge is -2.34.